The monoisotopic (exact) mass is 392 g/mol. The Morgan fingerprint density at radius 2 is 2.00 bits per heavy atom. The second-order valence-electron chi connectivity index (χ2n) is 9.11. The first-order valence-corrected chi connectivity index (χ1v) is 10.2. The summed E-state index contributed by atoms with van der Waals surface area (Å²) >= 11 is 0. The SMILES string of the molecule is Cc1noc(C)c1COC(=O)c1c2c(nc3ccccc13)CCC(C(C)(C)C)C2. The van der Waals surface area contributed by atoms with Crippen molar-refractivity contribution in [1.82, 2.24) is 10.1 Å². The van der Waals surface area contributed by atoms with Crippen LogP contribution in [0.2, 0.25) is 0 Å². The highest BCUT2D eigenvalue weighted by Gasteiger charge is 2.33. The number of hydrogen-bond acceptors (Lipinski definition) is 5. The Morgan fingerprint density at radius 3 is 2.69 bits per heavy atom. The number of nitrogens with zero attached hydrogens (tertiary/aromatic N) is 2. The lowest BCUT2D eigenvalue weighted by Gasteiger charge is -2.35. The molecule has 1 aliphatic rings. The summed E-state index contributed by atoms with van der Waals surface area (Å²) in [6.07, 6.45) is 2.84. The van der Waals surface area contributed by atoms with Gasteiger partial charge in [0.1, 0.15) is 12.4 Å². The van der Waals surface area contributed by atoms with Crippen molar-refractivity contribution in [2.45, 2.75) is 60.5 Å². The molecule has 0 radical (unpaired) electrons. The van der Waals surface area contributed by atoms with E-state index in [-0.39, 0.29) is 18.0 Å². The highest BCUT2D eigenvalue weighted by Crippen LogP contribution is 2.39. The van der Waals surface area contributed by atoms with Gasteiger partial charge >= 0.3 is 5.97 Å². The van der Waals surface area contributed by atoms with Gasteiger partial charge in [-0.15, -0.1) is 0 Å². The van der Waals surface area contributed by atoms with Crippen molar-refractivity contribution in [3.63, 3.8) is 0 Å². The first kappa shape index (κ1) is 19.6. The van der Waals surface area contributed by atoms with Gasteiger partial charge in [0, 0.05) is 11.1 Å². The summed E-state index contributed by atoms with van der Waals surface area (Å²) in [5.41, 5.74) is 5.38. The number of esters is 1. The van der Waals surface area contributed by atoms with Crippen molar-refractivity contribution in [1.29, 1.82) is 0 Å². The maximum atomic E-state index is 13.3. The van der Waals surface area contributed by atoms with Crippen LogP contribution in [0.15, 0.2) is 28.8 Å². The number of fused-ring (bicyclic) bond motifs is 2. The summed E-state index contributed by atoms with van der Waals surface area (Å²) in [4.78, 5) is 18.2. The van der Waals surface area contributed by atoms with Crippen molar-refractivity contribution < 1.29 is 14.1 Å². The third-order valence-corrected chi connectivity index (χ3v) is 6.22. The number of carbonyl (C=O) groups excluding carboxylic acids is 1. The maximum absolute atomic E-state index is 13.3. The van der Waals surface area contributed by atoms with E-state index in [1.54, 1.807) is 0 Å². The number of aromatic nitrogens is 2. The van der Waals surface area contributed by atoms with Crippen molar-refractivity contribution in [3.05, 3.63) is 58.1 Å². The van der Waals surface area contributed by atoms with Gasteiger partial charge in [-0.2, -0.15) is 0 Å². The molecule has 5 heteroatoms. The van der Waals surface area contributed by atoms with Crippen LogP contribution >= 0.6 is 0 Å². The molecular weight excluding hydrogens is 364 g/mol. The van der Waals surface area contributed by atoms with Gasteiger partial charge in [-0.1, -0.05) is 44.1 Å². The van der Waals surface area contributed by atoms with Crippen LogP contribution < -0.4 is 0 Å². The van der Waals surface area contributed by atoms with Crippen LogP contribution in [0.1, 0.15) is 65.8 Å². The lowest BCUT2D eigenvalue weighted by atomic mass is 9.70. The molecule has 0 bridgehead atoms. The molecule has 0 fully saturated rings. The average molecular weight is 392 g/mol. The van der Waals surface area contributed by atoms with Crippen LogP contribution in [0.25, 0.3) is 10.9 Å². The number of benzene rings is 1. The fourth-order valence-electron chi connectivity index (χ4n) is 4.28. The molecule has 0 aliphatic heterocycles. The molecule has 5 nitrogen and oxygen atoms in total. The maximum Gasteiger partial charge on any atom is 0.339 e. The zero-order chi connectivity index (χ0) is 20.8. The highest BCUT2D eigenvalue weighted by molar-refractivity contribution is 6.05. The molecule has 152 valence electrons. The van der Waals surface area contributed by atoms with E-state index in [0.717, 1.165) is 52.7 Å². The molecule has 1 atom stereocenters. The number of aryl methyl sites for hydroxylation is 3. The van der Waals surface area contributed by atoms with Gasteiger partial charge in [0.15, 0.2) is 0 Å². The molecule has 4 rings (SSSR count). The number of carbonyl (C=O) groups is 1. The van der Waals surface area contributed by atoms with E-state index in [0.29, 0.717) is 17.2 Å². The molecule has 2 aromatic heterocycles. The molecule has 1 aliphatic carbocycles. The molecule has 0 saturated carbocycles. The summed E-state index contributed by atoms with van der Waals surface area (Å²) in [5.74, 6) is 0.895. The Hall–Kier alpha value is -2.69. The molecular formula is C24H28N2O3. The fraction of sp³-hybridized carbons (Fsp3) is 0.458. The average Bonchev–Trinajstić information content (AvgIpc) is 3.00. The predicted octanol–water partition coefficient (Wildman–Crippen LogP) is 5.35. The van der Waals surface area contributed by atoms with E-state index in [1.807, 2.05) is 38.1 Å². The van der Waals surface area contributed by atoms with Crippen molar-refractivity contribution in [2.75, 3.05) is 0 Å². The molecule has 0 saturated heterocycles. The zero-order valence-electron chi connectivity index (χ0n) is 17.8. The molecule has 0 spiro atoms. The van der Waals surface area contributed by atoms with Crippen molar-refractivity contribution in [2.24, 2.45) is 11.3 Å². The minimum absolute atomic E-state index is 0.161. The predicted molar refractivity (Wildman–Crippen MR) is 112 cm³/mol. The lowest BCUT2D eigenvalue weighted by molar-refractivity contribution is 0.0470. The third kappa shape index (κ3) is 3.66. The summed E-state index contributed by atoms with van der Waals surface area (Å²) in [6.45, 7) is 10.7. The standard InChI is InChI=1S/C24H28N2O3/c1-14-19(15(2)29-26-14)13-28-23(27)22-17-8-6-7-9-20(17)25-21-11-10-16(12-18(21)22)24(3,4)5/h6-9,16H,10-13H2,1-5H3. The first-order chi connectivity index (χ1) is 13.8. The van der Waals surface area contributed by atoms with Gasteiger partial charge in [0.25, 0.3) is 0 Å². The van der Waals surface area contributed by atoms with Gasteiger partial charge in [0.2, 0.25) is 0 Å². The Bertz CT molecular complexity index is 1060. The molecule has 3 aromatic rings. The van der Waals surface area contributed by atoms with Gasteiger partial charge < -0.3 is 9.26 Å². The number of rotatable bonds is 3. The van der Waals surface area contributed by atoms with Crippen molar-refractivity contribution in [3.8, 4) is 0 Å². The van der Waals surface area contributed by atoms with Gasteiger partial charge in [0.05, 0.1) is 22.3 Å². The van der Waals surface area contributed by atoms with E-state index in [9.17, 15) is 4.79 Å². The Kier molecular flexibility index (Phi) is 4.93. The van der Waals surface area contributed by atoms with Crippen LogP contribution in [0.5, 0.6) is 0 Å². The first-order valence-electron chi connectivity index (χ1n) is 10.2. The quantitative estimate of drug-likeness (QED) is 0.562. The fourth-order valence-corrected chi connectivity index (χ4v) is 4.28. The van der Waals surface area contributed by atoms with Crippen LogP contribution in [-0.2, 0) is 24.2 Å². The Morgan fingerprint density at radius 1 is 1.24 bits per heavy atom. The van der Waals surface area contributed by atoms with Crippen LogP contribution in [-0.4, -0.2) is 16.1 Å². The van der Waals surface area contributed by atoms with Crippen molar-refractivity contribution >= 4 is 16.9 Å². The number of hydrogen-bond donors (Lipinski definition) is 0. The van der Waals surface area contributed by atoms with E-state index >= 15 is 0 Å². The van der Waals surface area contributed by atoms with Crippen LogP contribution in [0.4, 0.5) is 0 Å². The summed E-state index contributed by atoms with van der Waals surface area (Å²) in [6, 6.07) is 7.85. The van der Waals surface area contributed by atoms with Gasteiger partial charge in [-0.25, -0.2) is 4.79 Å². The molecule has 1 unspecified atom stereocenters. The largest absolute Gasteiger partial charge is 0.457 e. The third-order valence-electron chi connectivity index (χ3n) is 6.22. The lowest BCUT2D eigenvalue weighted by Crippen LogP contribution is -2.29. The molecule has 0 amide bonds. The van der Waals surface area contributed by atoms with Crippen LogP contribution in [0.3, 0.4) is 0 Å². The van der Waals surface area contributed by atoms with E-state index in [2.05, 4.69) is 25.9 Å². The second kappa shape index (κ2) is 7.29. The highest BCUT2D eigenvalue weighted by atomic mass is 16.5. The van der Waals surface area contributed by atoms with Gasteiger partial charge in [-0.05, 0) is 56.1 Å². The molecule has 1 aromatic carbocycles. The van der Waals surface area contributed by atoms with E-state index < -0.39 is 0 Å². The second-order valence-corrected chi connectivity index (χ2v) is 9.11. The van der Waals surface area contributed by atoms with E-state index in [4.69, 9.17) is 14.2 Å². The number of ether oxygens (including phenoxy) is 1. The Balaban J connectivity index is 1.75. The smallest absolute Gasteiger partial charge is 0.339 e. The number of para-hydroxylation sites is 1. The molecule has 2 heterocycles. The Labute approximate surface area is 171 Å². The summed E-state index contributed by atoms with van der Waals surface area (Å²) in [7, 11) is 0. The van der Waals surface area contributed by atoms with Gasteiger partial charge in [-0.3, -0.25) is 4.98 Å². The summed E-state index contributed by atoms with van der Waals surface area (Å²) < 4.78 is 11.0. The minimum Gasteiger partial charge on any atom is -0.457 e. The normalized spacial score (nSPS) is 16.7. The topological polar surface area (TPSA) is 65.2 Å². The zero-order valence-corrected chi connectivity index (χ0v) is 17.8. The summed E-state index contributed by atoms with van der Waals surface area (Å²) in [5, 5.41) is 4.81. The van der Waals surface area contributed by atoms with E-state index in [1.165, 1.54) is 0 Å². The molecule has 0 N–H and O–H groups in total. The molecule has 29 heavy (non-hydrogen) atoms. The minimum atomic E-state index is -0.297. The van der Waals surface area contributed by atoms with Crippen LogP contribution in [0, 0.1) is 25.2 Å². The number of pyridine rings is 1.